The Bertz CT molecular complexity index is 618. The molecule has 0 atom stereocenters. The lowest BCUT2D eigenvalue weighted by Crippen LogP contribution is -2.01. The second-order valence-corrected chi connectivity index (χ2v) is 4.18. The van der Waals surface area contributed by atoms with Crippen molar-refractivity contribution >= 4 is 28.8 Å². The third-order valence-corrected chi connectivity index (χ3v) is 2.67. The first kappa shape index (κ1) is 13.3. The van der Waals surface area contributed by atoms with Crippen LogP contribution in [0.5, 0.6) is 0 Å². The first-order valence-corrected chi connectivity index (χ1v) is 5.85. The predicted molar refractivity (Wildman–Crippen MR) is 73.5 cm³/mol. The average Bonchev–Trinajstić information content (AvgIpc) is 2.38. The molecule has 0 aliphatic carbocycles. The molecule has 2 rings (SSSR count). The molecular formula is C12H11ClN4O2. The molecule has 2 aromatic rings. The van der Waals surface area contributed by atoms with Crippen molar-refractivity contribution in [3.05, 3.63) is 57.2 Å². The highest BCUT2D eigenvalue weighted by Gasteiger charge is 2.15. The van der Waals surface area contributed by atoms with Crippen LogP contribution in [0, 0.1) is 10.1 Å². The minimum Gasteiger partial charge on any atom is -0.334 e. The van der Waals surface area contributed by atoms with Crippen LogP contribution in [-0.2, 0) is 6.54 Å². The lowest BCUT2D eigenvalue weighted by molar-refractivity contribution is -0.384. The average molecular weight is 279 g/mol. The number of hydrogen-bond acceptors (Lipinski definition) is 5. The molecule has 0 aliphatic rings. The summed E-state index contributed by atoms with van der Waals surface area (Å²) in [5.74, 6) is 0.103. The molecule has 1 heterocycles. The van der Waals surface area contributed by atoms with Crippen molar-refractivity contribution < 1.29 is 4.92 Å². The molecule has 0 saturated carbocycles. The number of nitro groups is 1. The van der Waals surface area contributed by atoms with E-state index in [4.69, 9.17) is 17.3 Å². The molecule has 7 heteroatoms. The number of rotatable bonds is 4. The van der Waals surface area contributed by atoms with Gasteiger partial charge in [-0.3, -0.25) is 10.1 Å². The summed E-state index contributed by atoms with van der Waals surface area (Å²) >= 11 is 5.75. The summed E-state index contributed by atoms with van der Waals surface area (Å²) in [6.45, 7) is 0.389. The number of halogens is 1. The van der Waals surface area contributed by atoms with Gasteiger partial charge in [0.15, 0.2) is 0 Å². The molecule has 0 unspecified atom stereocenters. The Morgan fingerprint density at radius 2 is 2.16 bits per heavy atom. The standard InChI is InChI=1S/C12H11ClN4O2/c13-11-5-4-10(17(18)19)12(16-11)15-9-3-1-2-8(6-9)7-14/h1-6H,7,14H2,(H,15,16). The van der Waals surface area contributed by atoms with Gasteiger partial charge >= 0.3 is 5.69 Å². The molecule has 0 aliphatic heterocycles. The molecule has 0 spiro atoms. The van der Waals surface area contributed by atoms with Crippen molar-refractivity contribution in [3.8, 4) is 0 Å². The van der Waals surface area contributed by atoms with Gasteiger partial charge < -0.3 is 11.1 Å². The van der Waals surface area contributed by atoms with E-state index in [0.29, 0.717) is 12.2 Å². The number of nitrogens with one attached hydrogen (secondary N) is 1. The normalized spacial score (nSPS) is 10.2. The van der Waals surface area contributed by atoms with E-state index in [0.717, 1.165) is 5.56 Å². The molecule has 0 fully saturated rings. The van der Waals surface area contributed by atoms with Crippen LogP contribution in [0.2, 0.25) is 5.15 Å². The third-order valence-electron chi connectivity index (χ3n) is 2.46. The van der Waals surface area contributed by atoms with Crippen LogP contribution in [0.25, 0.3) is 0 Å². The van der Waals surface area contributed by atoms with Crippen molar-refractivity contribution in [1.29, 1.82) is 0 Å². The van der Waals surface area contributed by atoms with Gasteiger partial charge in [-0.1, -0.05) is 23.7 Å². The summed E-state index contributed by atoms with van der Waals surface area (Å²) in [4.78, 5) is 14.3. The zero-order valence-electron chi connectivity index (χ0n) is 9.84. The first-order valence-electron chi connectivity index (χ1n) is 5.47. The van der Waals surface area contributed by atoms with Crippen LogP contribution in [0.4, 0.5) is 17.2 Å². The number of benzene rings is 1. The quantitative estimate of drug-likeness (QED) is 0.509. The van der Waals surface area contributed by atoms with Crippen molar-refractivity contribution in [2.24, 2.45) is 5.73 Å². The molecule has 0 amide bonds. The van der Waals surface area contributed by atoms with Gasteiger partial charge in [0.2, 0.25) is 5.82 Å². The van der Waals surface area contributed by atoms with E-state index < -0.39 is 4.92 Å². The Kier molecular flexibility index (Phi) is 3.94. The maximum Gasteiger partial charge on any atom is 0.311 e. The topological polar surface area (TPSA) is 94.1 Å². The van der Waals surface area contributed by atoms with Crippen molar-refractivity contribution in [2.45, 2.75) is 6.54 Å². The molecule has 6 nitrogen and oxygen atoms in total. The predicted octanol–water partition coefficient (Wildman–Crippen LogP) is 2.85. The highest BCUT2D eigenvalue weighted by Crippen LogP contribution is 2.27. The van der Waals surface area contributed by atoms with Crippen LogP contribution in [0.15, 0.2) is 36.4 Å². The SMILES string of the molecule is NCc1cccc(Nc2nc(Cl)ccc2[N+](=O)[O-])c1. The lowest BCUT2D eigenvalue weighted by Gasteiger charge is -2.07. The Morgan fingerprint density at radius 1 is 1.37 bits per heavy atom. The summed E-state index contributed by atoms with van der Waals surface area (Å²) in [6.07, 6.45) is 0. The van der Waals surface area contributed by atoms with E-state index in [2.05, 4.69) is 10.3 Å². The van der Waals surface area contributed by atoms with Gasteiger partial charge in [-0.05, 0) is 23.8 Å². The summed E-state index contributed by atoms with van der Waals surface area (Å²) in [6, 6.07) is 9.93. The number of hydrogen-bond donors (Lipinski definition) is 2. The first-order chi connectivity index (χ1) is 9.10. The van der Waals surface area contributed by atoms with Gasteiger partial charge in [-0.2, -0.15) is 0 Å². The third kappa shape index (κ3) is 3.18. The molecule has 98 valence electrons. The number of pyridine rings is 1. The number of aromatic nitrogens is 1. The van der Waals surface area contributed by atoms with Gasteiger partial charge in [0, 0.05) is 18.3 Å². The molecule has 1 aromatic carbocycles. The highest BCUT2D eigenvalue weighted by molar-refractivity contribution is 6.29. The lowest BCUT2D eigenvalue weighted by atomic mass is 10.2. The highest BCUT2D eigenvalue weighted by atomic mass is 35.5. The number of anilines is 2. The maximum atomic E-state index is 10.9. The van der Waals surface area contributed by atoms with Gasteiger partial charge in [0.1, 0.15) is 5.15 Å². The Hall–Kier alpha value is -2.18. The number of nitrogens with two attached hydrogens (primary N) is 1. The number of nitrogens with zero attached hydrogens (tertiary/aromatic N) is 2. The zero-order valence-corrected chi connectivity index (χ0v) is 10.6. The van der Waals surface area contributed by atoms with Crippen molar-refractivity contribution in [2.75, 3.05) is 5.32 Å². The van der Waals surface area contributed by atoms with Gasteiger partial charge in [-0.15, -0.1) is 0 Å². The molecule has 3 N–H and O–H groups in total. The van der Waals surface area contributed by atoms with Gasteiger partial charge in [0.25, 0.3) is 0 Å². The van der Waals surface area contributed by atoms with Crippen LogP contribution >= 0.6 is 11.6 Å². The summed E-state index contributed by atoms with van der Waals surface area (Å²) in [5.41, 5.74) is 6.98. The molecule has 19 heavy (non-hydrogen) atoms. The summed E-state index contributed by atoms with van der Waals surface area (Å²) in [7, 11) is 0. The molecule has 0 radical (unpaired) electrons. The fraction of sp³-hybridized carbons (Fsp3) is 0.0833. The largest absolute Gasteiger partial charge is 0.334 e. The van der Waals surface area contributed by atoms with Crippen molar-refractivity contribution in [3.63, 3.8) is 0 Å². The van der Waals surface area contributed by atoms with Gasteiger partial charge in [-0.25, -0.2) is 4.98 Å². The Labute approximate surface area is 114 Å². The van der Waals surface area contributed by atoms with E-state index in [-0.39, 0.29) is 16.7 Å². The van der Waals surface area contributed by atoms with Crippen LogP contribution in [0.3, 0.4) is 0 Å². The molecular weight excluding hydrogens is 268 g/mol. The van der Waals surface area contributed by atoms with E-state index in [1.54, 1.807) is 18.2 Å². The van der Waals surface area contributed by atoms with E-state index in [1.165, 1.54) is 12.1 Å². The fourth-order valence-corrected chi connectivity index (χ4v) is 1.73. The fourth-order valence-electron chi connectivity index (χ4n) is 1.58. The second kappa shape index (κ2) is 5.64. The van der Waals surface area contributed by atoms with Crippen LogP contribution in [-0.4, -0.2) is 9.91 Å². The Morgan fingerprint density at radius 3 is 2.84 bits per heavy atom. The maximum absolute atomic E-state index is 10.9. The molecule has 1 aromatic heterocycles. The Balaban J connectivity index is 2.36. The van der Waals surface area contributed by atoms with E-state index in [9.17, 15) is 10.1 Å². The summed E-state index contributed by atoms with van der Waals surface area (Å²) in [5, 5.41) is 14.0. The summed E-state index contributed by atoms with van der Waals surface area (Å²) < 4.78 is 0. The zero-order chi connectivity index (χ0) is 13.8. The second-order valence-electron chi connectivity index (χ2n) is 3.79. The van der Waals surface area contributed by atoms with E-state index >= 15 is 0 Å². The van der Waals surface area contributed by atoms with Gasteiger partial charge in [0.05, 0.1) is 4.92 Å². The molecule has 0 saturated heterocycles. The van der Waals surface area contributed by atoms with Crippen LogP contribution < -0.4 is 11.1 Å². The minimum atomic E-state index is -0.515. The van der Waals surface area contributed by atoms with Crippen molar-refractivity contribution in [1.82, 2.24) is 4.98 Å². The van der Waals surface area contributed by atoms with Crippen LogP contribution in [0.1, 0.15) is 5.56 Å². The molecule has 0 bridgehead atoms. The smallest absolute Gasteiger partial charge is 0.311 e. The minimum absolute atomic E-state index is 0.103. The monoisotopic (exact) mass is 278 g/mol. The van der Waals surface area contributed by atoms with E-state index in [1.807, 2.05) is 6.07 Å².